The van der Waals surface area contributed by atoms with Crippen molar-refractivity contribution in [3.63, 3.8) is 0 Å². The van der Waals surface area contributed by atoms with Crippen LogP contribution in [-0.4, -0.2) is 60.3 Å². The Bertz CT molecular complexity index is 1240. The quantitative estimate of drug-likeness (QED) is 0.444. The van der Waals surface area contributed by atoms with Crippen LogP contribution in [-0.2, 0) is 11.3 Å². The van der Waals surface area contributed by atoms with Gasteiger partial charge in [0.2, 0.25) is 5.95 Å². The molecule has 34 heavy (non-hydrogen) atoms. The van der Waals surface area contributed by atoms with Crippen molar-refractivity contribution >= 4 is 45.9 Å². The van der Waals surface area contributed by atoms with Crippen LogP contribution in [0.5, 0.6) is 5.75 Å². The van der Waals surface area contributed by atoms with Crippen molar-refractivity contribution in [1.82, 2.24) is 25.2 Å². The summed E-state index contributed by atoms with van der Waals surface area (Å²) in [5.74, 6) is 0.941. The number of likely N-dealkylation sites (N-methyl/N-ethyl adjacent to an activating group) is 1. The van der Waals surface area contributed by atoms with Crippen LogP contribution < -0.4 is 31.1 Å². The van der Waals surface area contributed by atoms with Crippen molar-refractivity contribution in [2.24, 2.45) is 0 Å². The summed E-state index contributed by atoms with van der Waals surface area (Å²) in [6.07, 6.45) is 2.37. The number of halogens is 1. The minimum absolute atomic E-state index is 0.128. The third-order valence-corrected chi connectivity index (χ3v) is 5.82. The summed E-state index contributed by atoms with van der Waals surface area (Å²) >= 11 is 6.38. The number of hydrogen-bond donors (Lipinski definition) is 3. The molecule has 0 saturated carbocycles. The number of ether oxygens (including phenoxy) is 1. The number of rotatable bonds is 8. The second-order valence-corrected chi connectivity index (χ2v) is 8.34. The van der Waals surface area contributed by atoms with E-state index < -0.39 is 0 Å². The normalized spacial score (nSPS) is 13.7. The lowest BCUT2D eigenvalue weighted by Gasteiger charge is -2.27. The van der Waals surface area contributed by atoms with E-state index in [1.54, 1.807) is 16.8 Å². The van der Waals surface area contributed by atoms with Gasteiger partial charge in [-0.15, -0.1) is 0 Å². The van der Waals surface area contributed by atoms with Gasteiger partial charge in [-0.05, 0) is 30.7 Å². The van der Waals surface area contributed by atoms with Crippen molar-refractivity contribution in [2.75, 3.05) is 50.1 Å². The highest BCUT2D eigenvalue weighted by Crippen LogP contribution is 2.28. The SMILES string of the molecule is CCCn1c(=O)c(OCC(=O)NC)cc2cc(Nc3nc(N4CCNCC4)ncc3Cl)ccc21. The number of carbonyl (C=O) groups is 1. The summed E-state index contributed by atoms with van der Waals surface area (Å²) < 4.78 is 7.19. The lowest BCUT2D eigenvalue weighted by molar-refractivity contribution is -0.122. The van der Waals surface area contributed by atoms with Gasteiger partial charge in [0.1, 0.15) is 5.02 Å². The van der Waals surface area contributed by atoms with E-state index in [2.05, 4.69) is 30.8 Å². The number of piperazine rings is 1. The Balaban J connectivity index is 1.67. The summed E-state index contributed by atoms with van der Waals surface area (Å²) in [5, 5.41) is 10.3. The highest BCUT2D eigenvalue weighted by Gasteiger charge is 2.16. The zero-order valence-electron chi connectivity index (χ0n) is 19.2. The van der Waals surface area contributed by atoms with Gasteiger partial charge in [-0.3, -0.25) is 9.59 Å². The number of carbonyl (C=O) groups excluding carboxylic acids is 1. The number of pyridine rings is 1. The van der Waals surface area contributed by atoms with Crippen LogP contribution in [0.4, 0.5) is 17.5 Å². The number of aromatic nitrogens is 3. The molecule has 2 aromatic heterocycles. The fraction of sp³-hybridized carbons (Fsp3) is 0.391. The first-order valence-corrected chi connectivity index (χ1v) is 11.6. The molecular formula is C23H28ClN7O3. The molecule has 10 nitrogen and oxygen atoms in total. The first kappa shape index (κ1) is 23.8. The van der Waals surface area contributed by atoms with Crippen LogP contribution in [0.1, 0.15) is 13.3 Å². The number of aryl methyl sites for hydroxylation is 1. The van der Waals surface area contributed by atoms with E-state index in [4.69, 9.17) is 16.3 Å². The number of fused-ring (bicyclic) bond motifs is 1. The van der Waals surface area contributed by atoms with E-state index in [-0.39, 0.29) is 23.8 Å². The Morgan fingerprint density at radius 2 is 2.06 bits per heavy atom. The van der Waals surface area contributed by atoms with Gasteiger partial charge in [-0.2, -0.15) is 4.98 Å². The Kier molecular flexibility index (Phi) is 7.49. The van der Waals surface area contributed by atoms with Gasteiger partial charge < -0.3 is 30.2 Å². The highest BCUT2D eigenvalue weighted by atomic mass is 35.5. The summed E-state index contributed by atoms with van der Waals surface area (Å²) in [5.41, 5.74) is 1.26. The Hall–Kier alpha value is -3.37. The first-order chi connectivity index (χ1) is 16.5. The molecule has 1 fully saturated rings. The molecule has 1 aromatic carbocycles. The Morgan fingerprint density at radius 1 is 1.26 bits per heavy atom. The van der Waals surface area contributed by atoms with E-state index in [0.717, 1.165) is 49.2 Å². The molecule has 3 aromatic rings. The minimum Gasteiger partial charge on any atom is -0.478 e. The molecule has 1 aliphatic rings. The van der Waals surface area contributed by atoms with Crippen LogP contribution in [0.3, 0.4) is 0 Å². The topological polar surface area (TPSA) is 113 Å². The molecule has 3 N–H and O–H groups in total. The molecule has 1 saturated heterocycles. The second kappa shape index (κ2) is 10.7. The molecule has 11 heteroatoms. The Labute approximate surface area is 202 Å². The molecule has 3 heterocycles. The number of anilines is 3. The molecule has 0 spiro atoms. The standard InChI is InChI=1S/C23H28ClN7O3/c1-3-8-31-18-5-4-16(11-15(18)12-19(22(31)33)34-14-20(32)25-2)28-21-17(24)13-27-23(29-21)30-9-6-26-7-10-30/h4-5,11-13,26H,3,6-10,14H2,1-2H3,(H,25,32)(H,27,28,29). The largest absolute Gasteiger partial charge is 0.478 e. The van der Waals surface area contributed by atoms with Gasteiger partial charge in [0.05, 0.1) is 11.7 Å². The van der Waals surface area contributed by atoms with Crippen LogP contribution in [0.25, 0.3) is 10.9 Å². The van der Waals surface area contributed by atoms with Gasteiger partial charge in [-0.25, -0.2) is 4.98 Å². The lowest BCUT2D eigenvalue weighted by Crippen LogP contribution is -2.44. The molecular weight excluding hydrogens is 458 g/mol. The maximum atomic E-state index is 12.9. The number of nitrogens with one attached hydrogen (secondary N) is 3. The lowest BCUT2D eigenvalue weighted by atomic mass is 10.1. The van der Waals surface area contributed by atoms with Crippen molar-refractivity contribution in [3.8, 4) is 5.75 Å². The third-order valence-electron chi connectivity index (χ3n) is 5.54. The number of hydrogen-bond acceptors (Lipinski definition) is 8. The van der Waals surface area contributed by atoms with Crippen molar-refractivity contribution in [1.29, 1.82) is 0 Å². The molecule has 1 amide bonds. The van der Waals surface area contributed by atoms with Gasteiger partial charge in [0, 0.05) is 50.8 Å². The van der Waals surface area contributed by atoms with Crippen LogP contribution in [0.15, 0.2) is 35.3 Å². The van der Waals surface area contributed by atoms with Crippen LogP contribution in [0.2, 0.25) is 5.02 Å². The van der Waals surface area contributed by atoms with Crippen molar-refractivity contribution in [3.05, 3.63) is 45.8 Å². The Morgan fingerprint density at radius 3 is 2.79 bits per heavy atom. The fourth-order valence-corrected chi connectivity index (χ4v) is 3.94. The van der Waals surface area contributed by atoms with Crippen LogP contribution in [0, 0.1) is 0 Å². The summed E-state index contributed by atoms with van der Waals surface area (Å²) in [4.78, 5) is 35.7. The maximum Gasteiger partial charge on any atom is 0.293 e. The minimum atomic E-state index is -0.310. The van der Waals surface area contributed by atoms with Gasteiger partial charge in [0.15, 0.2) is 18.2 Å². The fourth-order valence-electron chi connectivity index (χ4n) is 3.80. The molecule has 4 rings (SSSR count). The van der Waals surface area contributed by atoms with E-state index in [1.807, 2.05) is 25.1 Å². The molecule has 1 aliphatic heterocycles. The highest BCUT2D eigenvalue weighted by molar-refractivity contribution is 6.32. The number of nitrogens with zero attached hydrogens (tertiary/aromatic N) is 4. The third kappa shape index (κ3) is 5.23. The average molecular weight is 486 g/mol. The smallest absolute Gasteiger partial charge is 0.293 e. The van der Waals surface area contributed by atoms with Crippen molar-refractivity contribution < 1.29 is 9.53 Å². The summed E-state index contributed by atoms with van der Waals surface area (Å²) in [7, 11) is 1.52. The molecule has 0 unspecified atom stereocenters. The average Bonchev–Trinajstić information content (AvgIpc) is 2.86. The van der Waals surface area contributed by atoms with Crippen LogP contribution >= 0.6 is 11.6 Å². The molecule has 0 aliphatic carbocycles. The number of amides is 1. The van der Waals surface area contributed by atoms with E-state index in [0.29, 0.717) is 23.3 Å². The zero-order valence-corrected chi connectivity index (χ0v) is 20.0. The van der Waals surface area contributed by atoms with Crippen molar-refractivity contribution in [2.45, 2.75) is 19.9 Å². The zero-order chi connectivity index (χ0) is 24.1. The second-order valence-electron chi connectivity index (χ2n) is 7.93. The molecule has 180 valence electrons. The summed E-state index contributed by atoms with van der Waals surface area (Å²) in [6.45, 7) is 5.71. The summed E-state index contributed by atoms with van der Waals surface area (Å²) in [6, 6.07) is 7.31. The monoisotopic (exact) mass is 485 g/mol. The predicted molar refractivity (Wildman–Crippen MR) is 133 cm³/mol. The van der Waals surface area contributed by atoms with Gasteiger partial charge in [-0.1, -0.05) is 18.5 Å². The first-order valence-electron chi connectivity index (χ1n) is 11.3. The van der Waals surface area contributed by atoms with Gasteiger partial charge in [0.25, 0.3) is 11.5 Å². The van der Waals surface area contributed by atoms with E-state index in [1.165, 1.54) is 7.05 Å². The van der Waals surface area contributed by atoms with E-state index >= 15 is 0 Å². The van der Waals surface area contributed by atoms with E-state index in [9.17, 15) is 9.59 Å². The van der Waals surface area contributed by atoms with Gasteiger partial charge >= 0.3 is 0 Å². The predicted octanol–water partition coefficient (Wildman–Crippen LogP) is 2.13. The molecule has 0 atom stereocenters. The number of benzene rings is 1. The molecule has 0 bridgehead atoms. The maximum absolute atomic E-state index is 12.9. The molecule has 0 radical (unpaired) electrons.